The van der Waals surface area contributed by atoms with Gasteiger partial charge in [0, 0.05) is 23.7 Å². The van der Waals surface area contributed by atoms with Gasteiger partial charge in [0.2, 0.25) is 0 Å². The fraction of sp³-hybridized carbons (Fsp3) is 0.500. The molecule has 0 aromatic heterocycles. The standard InChI is InChI=1S/C12H19ClN2/c1-3-9(2)15-12(8-14)10-6-4-5-7-11(10)13/h4-7,9,12,15H,3,8,14H2,1-2H3. The van der Waals surface area contributed by atoms with Crippen LogP contribution in [0.2, 0.25) is 5.02 Å². The minimum atomic E-state index is 0.147. The van der Waals surface area contributed by atoms with E-state index in [0.29, 0.717) is 12.6 Å². The number of nitrogens with two attached hydrogens (primary N) is 1. The van der Waals surface area contributed by atoms with Crippen LogP contribution in [0.15, 0.2) is 24.3 Å². The third kappa shape index (κ3) is 3.49. The SMILES string of the molecule is CCC(C)NC(CN)c1ccccc1Cl. The second kappa shape index (κ2) is 6.11. The summed E-state index contributed by atoms with van der Waals surface area (Å²) in [4.78, 5) is 0. The van der Waals surface area contributed by atoms with E-state index < -0.39 is 0 Å². The van der Waals surface area contributed by atoms with Crippen LogP contribution in [0.4, 0.5) is 0 Å². The smallest absolute Gasteiger partial charge is 0.0461 e. The van der Waals surface area contributed by atoms with Crippen molar-refractivity contribution in [3.63, 3.8) is 0 Å². The Morgan fingerprint density at radius 1 is 1.40 bits per heavy atom. The van der Waals surface area contributed by atoms with Crippen LogP contribution in [-0.2, 0) is 0 Å². The van der Waals surface area contributed by atoms with Gasteiger partial charge in [-0.3, -0.25) is 0 Å². The van der Waals surface area contributed by atoms with Gasteiger partial charge in [0.05, 0.1) is 0 Å². The Hall–Kier alpha value is -0.570. The average molecular weight is 227 g/mol. The molecule has 0 aliphatic rings. The molecular weight excluding hydrogens is 208 g/mol. The van der Waals surface area contributed by atoms with Crippen molar-refractivity contribution in [1.29, 1.82) is 0 Å². The molecule has 0 saturated heterocycles. The highest BCUT2D eigenvalue weighted by Gasteiger charge is 2.13. The third-order valence-electron chi connectivity index (χ3n) is 2.61. The molecule has 1 aromatic carbocycles. The molecule has 1 rings (SSSR count). The van der Waals surface area contributed by atoms with Crippen molar-refractivity contribution < 1.29 is 0 Å². The van der Waals surface area contributed by atoms with Crippen molar-refractivity contribution in [3.05, 3.63) is 34.9 Å². The van der Waals surface area contributed by atoms with Crippen LogP contribution in [0, 0.1) is 0 Å². The molecule has 2 unspecified atom stereocenters. The molecule has 0 bridgehead atoms. The summed E-state index contributed by atoms with van der Waals surface area (Å²) >= 11 is 6.13. The lowest BCUT2D eigenvalue weighted by Gasteiger charge is -2.22. The maximum atomic E-state index is 6.13. The highest BCUT2D eigenvalue weighted by Crippen LogP contribution is 2.22. The fourth-order valence-corrected chi connectivity index (χ4v) is 1.77. The minimum Gasteiger partial charge on any atom is -0.329 e. The zero-order chi connectivity index (χ0) is 11.3. The van der Waals surface area contributed by atoms with E-state index in [-0.39, 0.29) is 6.04 Å². The van der Waals surface area contributed by atoms with Crippen LogP contribution >= 0.6 is 11.6 Å². The Balaban J connectivity index is 2.78. The van der Waals surface area contributed by atoms with Crippen molar-refractivity contribution in [2.45, 2.75) is 32.4 Å². The molecule has 3 heteroatoms. The van der Waals surface area contributed by atoms with E-state index in [1.165, 1.54) is 0 Å². The monoisotopic (exact) mass is 226 g/mol. The Bertz CT molecular complexity index is 301. The number of benzene rings is 1. The van der Waals surface area contributed by atoms with Crippen LogP contribution in [-0.4, -0.2) is 12.6 Å². The summed E-state index contributed by atoms with van der Waals surface area (Å²) in [6.07, 6.45) is 1.08. The van der Waals surface area contributed by atoms with Gasteiger partial charge in [-0.25, -0.2) is 0 Å². The number of rotatable bonds is 5. The summed E-state index contributed by atoms with van der Waals surface area (Å²) in [5.41, 5.74) is 6.84. The van der Waals surface area contributed by atoms with Crippen LogP contribution < -0.4 is 11.1 Å². The van der Waals surface area contributed by atoms with E-state index >= 15 is 0 Å². The van der Waals surface area contributed by atoms with Crippen LogP contribution in [0.3, 0.4) is 0 Å². The predicted octanol–water partition coefficient (Wildman–Crippen LogP) is 2.73. The summed E-state index contributed by atoms with van der Waals surface area (Å²) in [5.74, 6) is 0. The lowest BCUT2D eigenvalue weighted by atomic mass is 10.1. The first-order valence-corrected chi connectivity index (χ1v) is 5.77. The summed E-state index contributed by atoms with van der Waals surface area (Å²) in [5, 5.41) is 4.25. The second-order valence-electron chi connectivity index (χ2n) is 3.79. The van der Waals surface area contributed by atoms with Crippen molar-refractivity contribution in [1.82, 2.24) is 5.32 Å². The molecule has 0 aliphatic heterocycles. The second-order valence-corrected chi connectivity index (χ2v) is 4.19. The summed E-state index contributed by atoms with van der Waals surface area (Å²) < 4.78 is 0. The van der Waals surface area contributed by atoms with Gasteiger partial charge in [-0.05, 0) is 25.0 Å². The molecule has 2 atom stereocenters. The molecule has 0 radical (unpaired) electrons. The maximum Gasteiger partial charge on any atom is 0.0461 e. The van der Waals surface area contributed by atoms with E-state index in [2.05, 4.69) is 19.2 Å². The van der Waals surface area contributed by atoms with Gasteiger partial charge in [0.25, 0.3) is 0 Å². The molecular formula is C12H19ClN2. The molecule has 1 aromatic rings. The maximum absolute atomic E-state index is 6.13. The summed E-state index contributed by atoms with van der Waals surface area (Å²) in [7, 11) is 0. The highest BCUT2D eigenvalue weighted by molar-refractivity contribution is 6.31. The first kappa shape index (κ1) is 12.5. The lowest BCUT2D eigenvalue weighted by molar-refractivity contribution is 0.452. The van der Waals surface area contributed by atoms with Crippen LogP contribution in [0.5, 0.6) is 0 Å². The molecule has 0 fully saturated rings. The molecule has 84 valence electrons. The van der Waals surface area contributed by atoms with E-state index in [1.54, 1.807) is 0 Å². The van der Waals surface area contributed by atoms with E-state index in [1.807, 2.05) is 24.3 Å². The zero-order valence-electron chi connectivity index (χ0n) is 9.33. The van der Waals surface area contributed by atoms with E-state index in [4.69, 9.17) is 17.3 Å². The number of hydrogen-bond acceptors (Lipinski definition) is 2. The Morgan fingerprint density at radius 2 is 2.07 bits per heavy atom. The summed E-state index contributed by atoms with van der Waals surface area (Å²) in [6, 6.07) is 8.45. The van der Waals surface area contributed by atoms with Gasteiger partial charge in [-0.15, -0.1) is 0 Å². The third-order valence-corrected chi connectivity index (χ3v) is 2.96. The van der Waals surface area contributed by atoms with Crippen LogP contribution in [0.25, 0.3) is 0 Å². The minimum absolute atomic E-state index is 0.147. The van der Waals surface area contributed by atoms with E-state index in [0.717, 1.165) is 17.0 Å². The summed E-state index contributed by atoms with van der Waals surface area (Å²) in [6.45, 7) is 4.87. The number of hydrogen-bond donors (Lipinski definition) is 2. The average Bonchev–Trinajstić information content (AvgIpc) is 2.26. The highest BCUT2D eigenvalue weighted by atomic mass is 35.5. The first-order chi connectivity index (χ1) is 7.19. The molecule has 0 saturated carbocycles. The van der Waals surface area contributed by atoms with Gasteiger partial charge < -0.3 is 11.1 Å². The molecule has 0 amide bonds. The predicted molar refractivity (Wildman–Crippen MR) is 66.1 cm³/mol. The number of nitrogens with one attached hydrogen (secondary N) is 1. The van der Waals surface area contributed by atoms with Crippen molar-refractivity contribution in [2.24, 2.45) is 5.73 Å². The zero-order valence-corrected chi connectivity index (χ0v) is 10.1. The van der Waals surface area contributed by atoms with Gasteiger partial charge in [0.1, 0.15) is 0 Å². The first-order valence-electron chi connectivity index (χ1n) is 5.39. The van der Waals surface area contributed by atoms with Gasteiger partial charge in [0.15, 0.2) is 0 Å². The molecule has 0 aliphatic carbocycles. The lowest BCUT2D eigenvalue weighted by Crippen LogP contribution is -2.34. The molecule has 15 heavy (non-hydrogen) atoms. The van der Waals surface area contributed by atoms with Crippen LogP contribution in [0.1, 0.15) is 31.9 Å². The van der Waals surface area contributed by atoms with Crippen molar-refractivity contribution in [3.8, 4) is 0 Å². The quantitative estimate of drug-likeness (QED) is 0.810. The topological polar surface area (TPSA) is 38.0 Å². The van der Waals surface area contributed by atoms with Crippen molar-refractivity contribution in [2.75, 3.05) is 6.54 Å². The molecule has 0 spiro atoms. The van der Waals surface area contributed by atoms with Gasteiger partial charge >= 0.3 is 0 Å². The van der Waals surface area contributed by atoms with E-state index in [9.17, 15) is 0 Å². The molecule has 2 nitrogen and oxygen atoms in total. The Morgan fingerprint density at radius 3 is 2.60 bits per heavy atom. The molecule has 3 N–H and O–H groups in total. The Labute approximate surface area is 96.8 Å². The largest absolute Gasteiger partial charge is 0.329 e. The van der Waals surface area contributed by atoms with Gasteiger partial charge in [-0.2, -0.15) is 0 Å². The fourth-order valence-electron chi connectivity index (χ4n) is 1.50. The van der Waals surface area contributed by atoms with Gasteiger partial charge in [-0.1, -0.05) is 36.7 Å². The molecule has 0 heterocycles. The van der Waals surface area contributed by atoms with Crippen molar-refractivity contribution >= 4 is 11.6 Å². The Kier molecular flexibility index (Phi) is 5.09. The normalized spacial score (nSPS) is 14.9. The number of halogens is 1.